The highest BCUT2D eigenvalue weighted by Gasteiger charge is 2.50. The van der Waals surface area contributed by atoms with Gasteiger partial charge in [-0.1, -0.05) is 36.4 Å². The van der Waals surface area contributed by atoms with Crippen molar-refractivity contribution in [1.82, 2.24) is 10.2 Å². The van der Waals surface area contributed by atoms with Crippen LogP contribution in [0.4, 0.5) is 10.5 Å². The Labute approximate surface area is 189 Å². The zero-order chi connectivity index (χ0) is 24.2. The van der Waals surface area contributed by atoms with Crippen molar-refractivity contribution < 1.29 is 28.7 Å². The van der Waals surface area contributed by atoms with Gasteiger partial charge in [0.25, 0.3) is 5.91 Å². The molecule has 1 heterocycles. The molecule has 0 unspecified atom stereocenters. The van der Waals surface area contributed by atoms with Gasteiger partial charge in [0.1, 0.15) is 18.7 Å². The minimum atomic E-state index is -1.59. The third-order valence-electron chi connectivity index (χ3n) is 5.02. The molecule has 33 heavy (non-hydrogen) atoms. The minimum Gasteiger partial charge on any atom is -0.468 e. The van der Waals surface area contributed by atoms with E-state index in [1.807, 2.05) is 30.3 Å². The van der Waals surface area contributed by atoms with Crippen molar-refractivity contribution in [1.29, 1.82) is 0 Å². The number of ether oxygens (including phenoxy) is 2. The summed E-state index contributed by atoms with van der Waals surface area (Å²) in [6, 6.07) is 12.6. The lowest BCUT2D eigenvalue weighted by atomic mass is 9.89. The predicted molar refractivity (Wildman–Crippen MR) is 117 cm³/mol. The van der Waals surface area contributed by atoms with E-state index in [1.54, 1.807) is 0 Å². The zero-order valence-electron chi connectivity index (χ0n) is 18.0. The van der Waals surface area contributed by atoms with E-state index in [0.717, 1.165) is 17.6 Å². The van der Waals surface area contributed by atoms with Gasteiger partial charge >= 0.3 is 18.0 Å². The van der Waals surface area contributed by atoms with Crippen LogP contribution in [0.5, 0.6) is 0 Å². The maximum atomic E-state index is 13.0. The number of aliphatic imine (C=N–C) groups is 1. The molecule has 5 N–H and O–H groups in total. The highest BCUT2D eigenvalue weighted by molar-refractivity contribution is 6.09. The molecule has 1 fully saturated rings. The first-order valence-electron chi connectivity index (χ1n) is 9.82. The highest BCUT2D eigenvalue weighted by atomic mass is 16.5. The molecular weight excluding hydrogens is 430 g/mol. The van der Waals surface area contributed by atoms with E-state index in [1.165, 1.54) is 25.1 Å². The van der Waals surface area contributed by atoms with Crippen LogP contribution in [-0.4, -0.2) is 48.4 Å². The molecule has 0 bridgehead atoms. The van der Waals surface area contributed by atoms with Gasteiger partial charge in [0.05, 0.1) is 18.4 Å². The lowest BCUT2D eigenvalue weighted by molar-refractivity contribution is -0.145. The Morgan fingerprint density at radius 3 is 2.45 bits per heavy atom. The summed E-state index contributed by atoms with van der Waals surface area (Å²) < 4.78 is 9.87. The summed E-state index contributed by atoms with van der Waals surface area (Å²) in [7, 11) is 1.15. The molecule has 0 saturated carbocycles. The summed E-state index contributed by atoms with van der Waals surface area (Å²) in [5.41, 5.74) is 10.7. The molecule has 11 heteroatoms. The van der Waals surface area contributed by atoms with Gasteiger partial charge in [-0.15, -0.1) is 0 Å². The largest absolute Gasteiger partial charge is 0.468 e. The van der Waals surface area contributed by atoms with Crippen LogP contribution in [0.15, 0.2) is 53.5 Å². The van der Waals surface area contributed by atoms with Gasteiger partial charge in [-0.05, 0) is 24.6 Å². The molecule has 0 aliphatic carbocycles. The molecule has 1 saturated heterocycles. The molecule has 11 nitrogen and oxygen atoms in total. The van der Waals surface area contributed by atoms with Crippen LogP contribution in [0.2, 0.25) is 0 Å². The summed E-state index contributed by atoms with van der Waals surface area (Å²) in [6.45, 7) is 0.949. The Kier molecular flexibility index (Phi) is 6.61. The number of esters is 2. The van der Waals surface area contributed by atoms with Crippen molar-refractivity contribution in [3.05, 3.63) is 65.2 Å². The number of nitrogens with one attached hydrogen (secondary N) is 1. The summed E-state index contributed by atoms with van der Waals surface area (Å²) >= 11 is 0. The maximum Gasteiger partial charge on any atom is 0.338 e. The fourth-order valence-corrected chi connectivity index (χ4v) is 3.34. The van der Waals surface area contributed by atoms with Gasteiger partial charge in [0.2, 0.25) is 0 Å². The molecule has 0 spiro atoms. The second-order valence-corrected chi connectivity index (χ2v) is 7.35. The fraction of sp³-hybridized carbons (Fsp3) is 0.227. The molecule has 2 aromatic carbocycles. The highest BCUT2D eigenvalue weighted by Crippen LogP contribution is 2.36. The third-order valence-corrected chi connectivity index (χ3v) is 5.02. The van der Waals surface area contributed by atoms with E-state index < -0.39 is 36.0 Å². The lowest BCUT2D eigenvalue weighted by Gasteiger charge is -2.24. The standard InChI is InChI=1S/C22H23N5O6/c1-22(19(30)27(21(31)26-22)11-17(28)32-2)15-9-8-14(10-16(15)25-20(23)24)18(29)33-12-13-6-4-3-5-7-13/h3-10H,11-12H2,1-2H3,(H,26,31)(H4,23,24,25)/t22-/m1/s1. The van der Waals surface area contributed by atoms with E-state index in [-0.39, 0.29) is 29.4 Å². The number of nitrogens with zero attached hydrogens (tertiary/aromatic N) is 2. The van der Waals surface area contributed by atoms with Gasteiger partial charge in [0.15, 0.2) is 5.96 Å². The Balaban J connectivity index is 1.91. The van der Waals surface area contributed by atoms with Crippen LogP contribution in [-0.2, 0) is 31.2 Å². The quantitative estimate of drug-likeness (QED) is 0.240. The smallest absolute Gasteiger partial charge is 0.338 e. The SMILES string of the molecule is COC(=O)CN1C(=O)N[C@](C)(c2ccc(C(=O)OCc3ccccc3)cc2N=C(N)N)C1=O. The van der Waals surface area contributed by atoms with Gasteiger partial charge in [-0.2, -0.15) is 0 Å². The van der Waals surface area contributed by atoms with Crippen LogP contribution < -0.4 is 16.8 Å². The Morgan fingerprint density at radius 1 is 1.12 bits per heavy atom. The third kappa shape index (κ3) is 4.92. The number of methoxy groups -OCH3 is 1. The predicted octanol–water partition coefficient (Wildman–Crippen LogP) is 0.889. The van der Waals surface area contributed by atoms with Crippen molar-refractivity contribution in [2.24, 2.45) is 16.5 Å². The second-order valence-electron chi connectivity index (χ2n) is 7.35. The fourth-order valence-electron chi connectivity index (χ4n) is 3.34. The molecule has 2 aromatic rings. The number of amides is 3. The number of benzene rings is 2. The van der Waals surface area contributed by atoms with E-state index >= 15 is 0 Å². The number of carbonyl (C=O) groups excluding carboxylic acids is 4. The number of hydrogen-bond donors (Lipinski definition) is 3. The molecular formula is C22H23N5O6. The van der Waals surface area contributed by atoms with Crippen molar-refractivity contribution >= 4 is 35.5 Å². The second kappa shape index (κ2) is 9.39. The van der Waals surface area contributed by atoms with Crippen molar-refractivity contribution in [2.75, 3.05) is 13.7 Å². The first-order chi connectivity index (χ1) is 15.7. The van der Waals surface area contributed by atoms with Crippen LogP contribution in [0.3, 0.4) is 0 Å². The van der Waals surface area contributed by atoms with E-state index in [0.29, 0.717) is 0 Å². The number of hydrogen-bond acceptors (Lipinski definition) is 7. The zero-order valence-corrected chi connectivity index (χ0v) is 18.0. The summed E-state index contributed by atoms with van der Waals surface area (Å²) in [5, 5.41) is 2.55. The van der Waals surface area contributed by atoms with Gasteiger partial charge in [-0.3, -0.25) is 14.5 Å². The molecule has 1 aliphatic heterocycles. The molecule has 3 amide bonds. The average molecular weight is 453 g/mol. The van der Waals surface area contributed by atoms with Crippen LogP contribution in [0.1, 0.15) is 28.4 Å². The normalized spacial score (nSPS) is 17.3. The molecule has 0 aromatic heterocycles. The minimum absolute atomic E-state index is 0.0633. The summed E-state index contributed by atoms with van der Waals surface area (Å²) in [5.74, 6) is -2.41. The average Bonchev–Trinajstić information content (AvgIpc) is 3.01. The van der Waals surface area contributed by atoms with E-state index in [4.69, 9.17) is 16.2 Å². The van der Waals surface area contributed by atoms with E-state index in [2.05, 4.69) is 15.0 Å². The van der Waals surface area contributed by atoms with Gasteiger partial charge in [-0.25, -0.2) is 14.6 Å². The number of urea groups is 1. The van der Waals surface area contributed by atoms with Crippen molar-refractivity contribution in [3.8, 4) is 0 Å². The van der Waals surface area contributed by atoms with Crippen molar-refractivity contribution in [2.45, 2.75) is 19.1 Å². The Morgan fingerprint density at radius 2 is 1.82 bits per heavy atom. The molecule has 172 valence electrons. The van der Waals surface area contributed by atoms with Crippen molar-refractivity contribution in [3.63, 3.8) is 0 Å². The van der Waals surface area contributed by atoms with Crippen LogP contribution >= 0.6 is 0 Å². The maximum absolute atomic E-state index is 13.0. The molecule has 1 aliphatic rings. The van der Waals surface area contributed by atoms with Gasteiger partial charge < -0.3 is 26.3 Å². The van der Waals surface area contributed by atoms with Crippen LogP contribution in [0.25, 0.3) is 0 Å². The first-order valence-corrected chi connectivity index (χ1v) is 9.82. The number of nitrogens with two attached hydrogens (primary N) is 2. The first kappa shape index (κ1) is 23.3. The summed E-state index contributed by atoms with van der Waals surface area (Å²) in [4.78, 5) is 54.3. The number of guanidine groups is 1. The van der Waals surface area contributed by atoms with Gasteiger partial charge in [0, 0.05) is 5.56 Å². The molecule has 3 rings (SSSR count). The summed E-state index contributed by atoms with van der Waals surface area (Å²) in [6.07, 6.45) is 0. The number of imide groups is 1. The molecule has 1 atom stereocenters. The Bertz CT molecular complexity index is 1130. The Hall–Kier alpha value is -4.41. The van der Waals surface area contributed by atoms with E-state index in [9.17, 15) is 19.2 Å². The van der Waals surface area contributed by atoms with Crippen LogP contribution in [0, 0.1) is 0 Å². The topological polar surface area (TPSA) is 166 Å². The monoisotopic (exact) mass is 453 g/mol. The lowest BCUT2D eigenvalue weighted by Crippen LogP contribution is -2.42. The molecule has 0 radical (unpaired) electrons. The number of rotatable bonds is 7. The number of carbonyl (C=O) groups is 4.